The summed E-state index contributed by atoms with van der Waals surface area (Å²) in [4.78, 5) is 14.7. The largest absolute Gasteiger partial charge is 0.423 e. The van der Waals surface area contributed by atoms with Crippen molar-refractivity contribution in [3.8, 4) is 0 Å². The molecule has 1 saturated heterocycles. The number of hydrogen-bond donors (Lipinski definition) is 1. The SMILES string of the molecule is Cc1nnc([C@]23C[C@H](C[C@@H](C(F)(F)F)C2)N3C(=O)Nc2ccc(Cl)c(C3CCC3)c2)o1. The van der Waals surface area contributed by atoms with E-state index in [0.29, 0.717) is 23.0 Å². The molecule has 0 spiro atoms. The van der Waals surface area contributed by atoms with Crippen LogP contribution in [0.3, 0.4) is 0 Å². The Morgan fingerprint density at radius 1 is 1.29 bits per heavy atom. The molecule has 0 radical (unpaired) electrons. The van der Waals surface area contributed by atoms with Crippen LogP contribution >= 0.6 is 11.6 Å². The Morgan fingerprint density at radius 2 is 2.06 bits per heavy atom. The van der Waals surface area contributed by atoms with E-state index in [1.807, 2.05) is 6.07 Å². The maximum atomic E-state index is 13.5. The lowest BCUT2D eigenvalue weighted by Gasteiger charge is -2.61. The van der Waals surface area contributed by atoms with Crippen LogP contribution in [0.4, 0.5) is 23.7 Å². The second-order valence-electron chi connectivity index (χ2n) is 8.86. The number of aryl methyl sites for hydroxylation is 1. The minimum absolute atomic E-state index is 0.0663. The highest BCUT2D eigenvalue weighted by Gasteiger charge is 2.66. The molecule has 1 N–H and O–H groups in total. The Hall–Kier alpha value is -2.29. The average molecular weight is 455 g/mol. The number of benzene rings is 1. The van der Waals surface area contributed by atoms with Gasteiger partial charge in [-0.3, -0.25) is 0 Å². The zero-order valence-corrected chi connectivity index (χ0v) is 17.6. The van der Waals surface area contributed by atoms with E-state index in [2.05, 4.69) is 15.5 Å². The van der Waals surface area contributed by atoms with Crippen molar-refractivity contribution in [1.29, 1.82) is 0 Å². The number of nitrogens with one attached hydrogen (secondary N) is 1. The predicted molar refractivity (Wildman–Crippen MR) is 107 cm³/mol. The molecular weight excluding hydrogens is 433 g/mol. The minimum atomic E-state index is -4.34. The number of amides is 2. The predicted octanol–water partition coefficient (Wildman–Crippen LogP) is 5.77. The van der Waals surface area contributed by atoms with Crippen LogP contribution < -0.4 is 5.32 Å². The van der Waals surface area contributed by atoms with Gasteiger partial charge in [-0.15, -0.1) is 10.2 Å². The molecule has 3 fully saturated rings. The maximum Gasteiger partial charge on any atom is 0.392 e. The van der Waals surface area contributed by atoms with Gasteiger partial charge in [-0.05, 0) is 55.4 Å². The molecule has 5 rings (SSSR count). The number of urea groups is 1. The Morgan fingerprint density at radius 3 is 2.68 bits per heavy atom. The average Bonchev–Trinajstić information content (AvgIpc) is 3.09. The van der Waals surface area contributed by atoms with Crippen molar-refractivity contribution in [1.82, 2.24) is 15.1 Å². The lowest BCUT2D eigenvalue weighted by Crippen LogP contribution is -2.71. The molecule has 2 saturated carbocycles. The molecule has 0 unspecified atom stereocenters. The van der Waals surface area contributed by atoms with Crippen molar-refractivity contribution in [2.45, 2.75) is 69.1 Å². The summed E-state index contributed by atoms with van der Waals surface area (Å²) >= 11 is 6.33. The number of rotatable bonds is 3. The van der Waals surface area contributed by atoms with Gasteiger partial charge in [0.05, 0.1) is 5.92 Å². The van der Waals surface area contributed by atoms with Gasteiger partial charge in [-0.25, -0.2) is 4.79 Å². The highest BCUT2D eigenvalue weighted by Crippen LogP contribution is 2.58. The molecule has 10 heteroatoms. The topological polar surface area (TPSA) is 71.3 Å². The first-order chi connectivity index (χ1) is 14.7. The number of piperidine rings is 1. The zero-order valence-electron chi connectivity index (χ0n) is 16.9. The minimum Gasteiger partial charge on any atom is -0.423 e. The number of likely N-dealkylation sites (tertiary alicyclic amines) is 1. The normalized spacial score (nSPS) is 28.1. The van der Waals surface area contributed by atoms with Crippen molar-refractivity contribution in [2.24, 2.45) is 5.92 Å². The molecule has 2 aromatic rings. The molecule has 6 nitrogen and oxygen atoms in total. The number of nitrogens with zero attached hydrogens (tertiary/aromatic N) is 3. The van der Waals surface area contributed by atoms with E-state index < -0.39 is 29.7 Å². The van der Waals surface area contributed by atoms with Crippen molar-refractivity contribution >= 4 is 23.3 Å². The number of alkyl halides is 3. The summed E-state index contributed by atoms with van der Waals surface area (Å²) in [6.07, 6.45) is -1.10. The van der Waals surface area contributed by atoms with Gasteiger partial charge in [0.1, 0.15) is 5.54 Å². The van der Waals surface area contributed by atoms with Gasteiger partial charge in [0.2, 0.25) is 11.8 Å². The van der Waals surface area contributed by atoms with Gasteiger partial charge < -0.3 is 14.6 Å². The van der Waals surface area contributed by atoms with Gasteiger partial charge in [0, 0.05) is 30.1 Å². The van der Waals surface area contributed by atoms with Crippen LogP contribution in [0.5, 0.6) is 0 Å². The summed E-state index contributed by atoms with van der Waals surface area (Å²) in [6, 6.07) is 4.32. The van der Waals surface area contributed by atoms with Crippen molar-refractivity contribution < 1.29 is 22.4 Å². The first-order valence-electron chi connectivity index (χ1n) is 10.4. The fraction of sp³-hybridized carbons (Fsp3) is 0.571. The summed E-state index contributed by atoms with van der Waals surface area (Å²) in [5.74, 6) is -0.807. The Balaban J connectivity index is 1.42. The summed E-state index contributed by atoms with van der Waals surface area (Å²) in [7, 11) is 0. The molecule has 31 heavy (non-hydrogen) atoms. The fourth-order valence-electron chi connectivity index (χ4n) is 5.22. The molecule has 1 aromatic carbocycles. The molecule has 2 amide bonds. The van der Waals surface area contributed by atoms with Crippen LogP contribution in [0, 0.1) is 12.8 Å². The third kappa shape index (κ3) is 3.37. The van der Waals surface area contributed by atoms with Crippen LogP contribution in [0.25, 0.3) is 0 Å². The number of carbonyl (C=O) groups excluding carboxylic acids is 1. The molecule has 166 valence electrons. The smallest absolute Gasteiger partial charge is 0.392 e. The van der Waals surface area contributed by atoms with Crippen LogP contribution in [0.2, 0.25) is 5.02 Å². The van der Waals surface area contributed by atoms with Crippen LogP contribution in [-0.4, -0.2) is 33.3 Å². The molecule has 3 aliphatic rings. The summed E-state index contributed by atoms with van der Waals surface area (Å²) < 4.78 is 46.0. The lowest BCUT2D eigenvalue weighted by molar-refractivity contribution is -0.229. The monoisotopic (exact) mass is 454 g/mol. The van der Waals surface area contributed by atoms with E-state index in [1.165, 1.54) is 4.90 Å². The maximum absolute atomic E-state index is 13.5. The van der Waals surface area contributed by atoms with E-state index in [9.17, 15) is 18.0 Å². The molecule has 1 aromatic heterocycles. The molecule has 1 aliphatic heterocycles. The standard InChI is InChI=1S/C21H22ClF3N4O2/c1-11-27-28-18(31-11)20-9-13(21(23,24)25)7-15(10-20)29(20)19(30)26-14-5-6-17(22)16(8-14)12-3-2-4-12/h5-6,8,12-13,15H,2-4,7,9-10H2,1H3,(H,26,30)/t13-,15+,20-/m1/s1. The van der Waals surface area contributed by atoms with Crippen molar-refractivity contribution in [3.63, 3.8) is 0 Å². The van der Waals surface area contributed by atoms with Crippen molar-refractivity contribution in [2.75, 3.05) is 5.32 Å². The first-order valence-corrected chi connectivity index (χ1v) is 10.8. The number of carbonyl (C=O) groups is 1. The molecule has 3 atom stereocenters. The van der Waals surface area contributed by atoms with Gasteiger partial charge in [-0.2, -0.15) is 13.2 Å². The quantitative estimate of drug-likeness (QED) is 0.638. The summed E-state index contributed by atoms with van der Waals surface area (Å²) in [5.41, 5.74) is 0.330. The molecular formula is C21H22ClF3N4O2. The Kier molecular flexibility index (Phi) is 4.73. The highest BCUT2D eigenvalue weighted by atomic mass is 35.5. The van der Waals surface area contributed by atoms with Gasteiger partial charge in [0.15, 0.2) is 0 Å². The van der Waals surface area contributed by atoms with E-state index in [4.69, 9.17) is 16.0 Å². The Labute approximate surface area is 182 Å². The van der Waals surface area contributed by atoms with Crippen molar-refractivity contribution in [3.05, 3.63) is 40.6 Å². The number of anilines is 1. The van der Waals surface area contributed by atoms with E-state index in [1.54, 1.807) is 19.1 Å². The van der Waals surface area contributed by atoms with E-state index in [-0.39, 0.29) is 24.6 Å². The van der Waals surface area contributed by atoms with Gasteiger partial charge >= 0.3 is 12.2 Å². The van der Waals surface area contributed by atoms with Gasteiger partial charge in [0.25, 0.3) is 0 Å². The van der Waals surface area contributed by atoms with Crippen LogP contribution in [-0.2, 0) is 5.54 Å². The number of hydrogen-bond acceptors (Lipinski definition) is 4. The zero-order chi connectivity index (χ0) is 22.0. The summed E-state index contributed by atoms with van der Waals surface area (Å²) in [5, 5.41) is 11.3. The second kappa shape index (κ2) is 7.12. The number of fused-ring (bicyclic) bond motifs is 2. The molecule has 2 heterocycles. The fourth-order valence-corrected chi connectivity index (χ4v) is 5.49. The molecule has 2 aliphatic carbocycles. The highest BCUT2D eigenvalue weighted by molar-refractivity contribution is 6.31. The van der Waals surface area contributed by atoms with E-state index >= 15 is 0 Å². The third-order valence-electron chi connectivity index (χ3n) is 6.94. The molecule has 2 bridgehead atoms. The van der Waals surface area contributed by atoms with E-state index in [0.717, 1.165) is 24.8 Å². The third-order valence-corrected chi connectivity index (χ3v) is 7.28. The Bertz CT molecular complexity index is 1020. The second-order valence-corrected chi connectivity index (χ2v) is 9.27. The van der Waals surface area contributed by atoms with Gasteiger partial charge in [-0.1, -0.05) is 18.0 Å². The lowest BCUT2D eigenvalue weighted by atomic mass is 9.63. The summed E-state index contributed by atoms with van der Waals surface area (Å²) in [6.45, 7) is 1.58. The van der Waals surface area contributed by atoms with Crippen LogP contribution in [0.15, 0.2) is 22.6 Å². The number of halogens is 4. The first kappa shape index (κ1) is 20.6. The van der Waals surface area contributed by atoms with Crippen LogP contribution in [0.1, 0.15) is 61.8 Å². The number of aromatic nitrogens is 2.